The van der Waals surface area contributed by atoms with Gasteiger partial charge in [-0.05, 0) is 66.8 Å². The zero-order chi connectivity index (χ0) is 19.2. The van der Waals surface area contributed by atoms with Crippen LogP contribution in [-0.2, 0) is 9.59 Å². The molecule has 3 rings (SSSR count). The Kier molecular flexibility index (Phi) is 5.86. The summed E-state index contributed by atoms with van der Waals surface area (Å²) in [6, 6.07) is 11.1. The number of benzene rings is 2. The topological polar surface area (TPSA) is 84.5 Å². The Morgan fingerprint density at radius 3 is 2.52 bits per heavy atom. The molecule has 1 aliphatic heterocycles. The van der Waals surface area contributed by atoms with Crippen LogP contribution in [-0.4, -0.2) is 24.3 Å². The Morgan fingerprint density at radius 2 is 1.78 bits per heavy atom. The molecule has 0 bridgehead atoms. The molecular formula is C21H22N2O4. The van der Waals surface area contributed by atoms with Crippen molar-refractivity contribution < 1.29 is 19.1 Å². The number of fused-ring (bicyclic) bond motifs is 1. The highest BCUT2D eigenvalue weighted by Crippen LogP contribution is 2.23. The third-order valence-electron chi connectivity index (χ3n) is 4.31. The van der Waals surface area contributed by atoms with Crippen molar-refractivity contribution in [1.29, 1.82) is 0 Å². The largest absolute Gasteiger partial charge is 0.494 e. The van der Waals surface area contributed by atoms with E-state index in [2.05, 4.69) is 10.6 Å². The van der Waals surface area contributed by atoms with Gasteiger partial charge in [0.25, 0.3) is 5.91 Å². The summed E-state index contributed by atoms with van der Waals surface area (Å²) in [5.74, 6) is 0.617. The monoisotopic (exact) mass is 366 g/mol. The van der Waals surface area contributed by atoms with Crippen molar-refractivity contribution in [3.63, 3.8) is 0 Å². The van der Waals surface area contributed by atoms with Crippen molar-refractivity contribution in [1.82, 2.24) is 10.6 Å². The number of unbranched alkanes of at least 4 members (excludes halogenated alkanes) is 2. The van der Waals surface area contributed by atoms with Crippen LogP contribution in [0, 0.1) is 0 Å². The molecule has 0 atom stereocenters. The van der Waals surface area contributed by atoms with E-state index < -0.39 is 11.9 Å². The molecule has 0 aliphatic carbocycles. The van der Waals surface area contributed by atoms with E-state index in [0.717, 1.165) is 41.3 Å². The predicted octanol–water partition coefficient (Wildman–Crippen LogP) is 3.55. The number of rotatable bonds is 8. The minimum absolute atomic E-state index is 0.233. The number of hydrogen-bond donors (Lipinski definition) is 2. The molecule has 2 aromatic rings. The standard InChI is InChI=1S/C21H22N2O4/c1-14(24)5-3-2-4-10-27-18-9-8-16-11-15(6-7-17(16)13-18)12-19-20(25)23-21(26)22-19/h6-9,11-13H,2-5,10H2,1H3,(H2,22,23,25,26)/b19-12-. The fourth-order valence-electron chi connectivity index (χ4n) is 2.91. The summed E-state index contributed by atoms with van der Waals surface area (Å²) in [5, 5.41) is 6.70. The van der Waals surface area contributed by atoms with E-state index in [0.29, 0.717) is 13.0 Å². The molecule has 2 aromatic carbocycles. The van der Waals surface area contributed by atoms with Crippen LogP contribution in [0.5, 0.6) is 5.75 Å². The number of hydrogen-bond acceptors (Lipinski definition) is 4. The molecule has 1 heterocycles. The highest BCUT2D eigenvalue weighted by Gasteiger charge is 2.22. The number of Topliss-reactive ketones (excluding diaryl/α,β-unsaturated/α-hetero) is 1. The van der Waals surface area contributed by atoms with Gasteiger partial charge in [0.1, 0.15) is 17.2 Å². The first-order valence-electron chi connectivity index (χ1n) is 9.01. The third kappa shape index (κ3) is 5.17. The third-order valence-corrected chi connectivity index (χ3v) is 4.31. The molecule has 1 fully saturated rings. The molecule has 27 heavy (non-hydrogen) atoms. The molecule has 3 amide bonds. The summed E-state index contributed by atoms with van der Waals surface area (Å²) in [6.07, 6.45) is 5.10. The second-order valence-corrected chi connectivity index (χ2v) is 6.60. The van der Waals surface area contributed by atoms with Crippen molar-refractivity contribution >= 4 is 34.6 Å². The lowest BCUT2D eigenvalue weighted by molar-refractivity contribution is -0.117. The molecule has 140 valence electrons. The second kappa shape index (κ2) is 8.49. The van der Waals surface area contributed by atoms with E-state index >= 15 is 0 Å². The maximum absolute atomic E-state index is 11.6. The average Bonchev–Trinajstić information content (AvgIpc) is 2.94. The minimum atomic E-state index is -0.505. The van der Waals surface area contributed by atoms with Crippen LogP contribution in [0.4, 0.5) is 4.79 Å². The van der Waals surface area contributed by atoms with E-state index in [1.54, 1.807) is 13.0 Å². The zero-order valence-corrected chi connectivity index (χ0v) is 15.2. The first-order chi connectivity index (χ1) is 13.0. The van der Waals surface area contributed by atoms with Gasteiger partial charge in [0.05, 0.1) is 6.61 Å². The number of ether oxygens (including phenoxy) is 1. The summed E-state index contributed by atoms with van der Waals surface area (Å²) in [5.41, 5.74) is 1.07. The van der Waals surface area contributed by atoms with Crippen LogP contribution in [0.2, 0.25) is 0 Å². The SMILES string of the molecule is CC(=O)CCCCCOc1ccc2cc(/C=C3\NC(=O)NC3=O)ccc2c1. The predicted molar refractivity (Wildman–Crippen MR) is 103 cm³/mol. The molecule has 0 saturated carbocycles. The van der Waals surface area contributed by atoms with E-state index in [4.69, 9.17) is 4.74 Å². The van der Waals surface area contributed by atoms with E-state index in [9.17, 15) is 14.4 Å². The molecule has 2 N–H and O–H groups in total. The van der Waals surface area contributed by atoms with Gasteiger partial charge in [-0.1, -0.05) is 18.2 Å². The lowest BCUT2D eigenvalue weighted by Gasteiger charge is -2.08. The summed E-state index contributed by atoms with van der Waals surface area (Å²) in [6.45, 7) is 2.24. The van der Waals surface area contributed by atoms with Crippen LogP contribution in [0.1, 0.15) is 38.2 Å². The Bertz CT molecular complexity index is 918. The average molecular weight is 366 g/mol. The molecule has 6 nitrogen and oxygen atoms in total. The highest BCUT2D eigenvalue weighted by atomic mass is 16.5. The molecule has 0 aromatic heterocycles. The van der Waals surface area contributed by atoms with Crippen molar-refractivity contribution in [2.24, 2.45) is 0 Å². The van der Waals surface area contributed by atoms with Gasteiger partial charge in [-0.3, -0.25) is 10.1 Å². The van der Waals surface area contributed by atoms with E-state index in [1.807, 2.05) is 36.4 Å². The smallest absolute Gasteiger partial charge is 0.326 e. The number of imide groups is 1. The van der Waals surface area contributed by atoms with E-state index in [1.165, 1.54) is 0 Å². The number of urea groups is 1. The van der Waals surface area contributed by atoms with Crippen LogP contribution in [0.3, 0.4) is 0 Å². The molecule has 1 aliphatic rings. The first kappa shape index (κ1) is 18.6. The number of carbonyl (C=O) groups excluding carboxylic acids is 3. The van der Waals surface area contributed by atoms with Crippen molar-refractivity contribution in [3.8, 4) is 5.75 Å². The fraction of sp³-hybridized carbons (Fsp3) is 0.286. The lowest BCUT2D eigenvalue weighted by atomic mass is 10.1. The van der Waals surface area contributed by atoms with Gasteiger partial charge < -0.3 is 14.8 Å². The first-order valence-corrected chi connectivity index (χ1v) is 9.01. The quantitative estimate of drug-likeness (QED) is 0.425. The number of ketones is 1. The van der Waals surface area contributed by atoms with Crippen molar-refractivity contribution in [2.45, 2.75) is 32.6 Å². The van der Waals surface area contributed by atoms with Gasteiger partial charge in [-0.2, -0.15) is 0 Å². The summed E-state index contributed by atoms with van der Waals surface area (Å²) < 4.78 is 5.79. The molecular weight excluding hydrogens is 344 g/mol. The summed E-state index contributed by atoms with van der Waals surface area (Å²) in [4.78, 5) is 33.7. The molecule has 0 unspecified atom stereocenters. The Labute approximate surface area is 157 Å². The second-order valence-electron chi connectivity index (χ2n) is 6.60. The maximum atomic E-state index is 11.6. The van der Waals surface area contributed by atoms with Gasteiger partial charge in [-0.15, -0.1) is 0 Å². The van der Waals surface area contributed by atoms with Crippen LogP contribution < -0.4 is 15.4 Å². The normalized spacial score (nSPS) is 15.1. The Balaban J connectivity index is 1.60. The molecule has 1 saturated heterocycles. The minimum Gasteiger partial charge on any atom is -0.494 e. The van der Waals surface area contributed by atoms with Crippen molar-refractivity contribution in [3.05, 3.63) is 47.7 Å². The van der Waals surface area contributed by atoms with Crippen LogP contribution in [0.25, 0.3) is 16.8 Å². The Hall–Kier alpha value is -3.15. The van der Waals surface area contributed by atoms with E-state index in [-0.39, 0.29) is 11.5 Å². The number of carbonyl (C=O) groups is 3. The lowest BCUT2D eigenvalue weighted by Crippen LogP contribution is -2.22. The zero-order valence-electron chi connectivity index (χ0n) is 15.2. The van der Waals surface area contributed by atoms with Crippen LogP contribution in [0.15, 0.2) is 42.1 Å². The molecule has 0 radical (unpaired) electrons. The van der Waals surface area contributed by atoms with Gasteiger partial charge in [0, 0.05) is 6.42 Å². The highest BCUT2D eigenvalue weighted by molar-refractivity contribution is 6.14. The summed E-state index contributed by atoms with van der Waals surface area (Å²) in [7, 11) is 0. The maximum Gasteiger partial charge on any atom is 0.326 e. The molecule has 6 heteroatoms. The van der Waals surface area contributed by atoms with Gasteiger partial charge in [0.15, 0.2) is 0 Å². The number of amides is 3. The van der Waals surface area contributed by atoms with Crippen LogP contribution >= 0.6 is 0 Å². The number of nitrogens with one attached hydrogen (secondary N) is 2. The molecule has 0 spiro atoms. The fourth-order valence-corrected chi connectivity index (χ4v) is 2.91. The van der Waals surface area contributed by atoms with Gasteiger partial charge in [-0.25, -0.2) is 4.79 Å². The summed E-state index contributed by atoms with van der Waals surface area (Å²) >= 11 is 0. The Morgan fingerprint density at radius 1 is 1.00 bits per heavy atom. The van der Waals surface area contributed by atoms with Gasteiger partial charge >= 0.3 is 6.03 Å². The van der Waals surface area contributed by atoms with Gasteiger partial charge in [0.2, 0.25) is 0 Å². The van der Waals surface area contributed by atoms with Crippen molar-refractivity contribution in [2.75, 3.05) is 6.61 Å².